The topological polar surface area (TPSA) is 55.4 Å². The van der Waals surface area contributed by atoms with E-state index in [0.717, 1.165) is 18.5 Å². The Kier molecular flexibility index (Phi) is 3.65. The van der Waals surface area contributed by atoms with E-state index >= 15 is 0 Å². The van der Waals surface area contributed by atoms with Crippen molar-refractivity contribution in [3.8, 4) is 0 Å². The van der Waals surface area contributed by atoms with E-state index in [1.165, 1.54) is 24.5 Å². The molecule has 4 nitrogen and oxygen atoms in total. The van der Waals surface area contributed by atoms with Crippen LogP contribution < -0.4 is 5.32 Å². The highest BCUT2D eigenvalue weighted by atomic mass is 16.5. The second-order valence-corrected chi connectivity index (χ2v) is 4.58. The number of rotatable bonds is 3. The lowest BCUT2D eigenvalue weighted by atomic mass is 10.1. The molecule has 0 saturated heterocycles. The summed E-state index contributed by atoms with van der Waals surface area (Å²) in [5, 5.41) is 2.76. The van der Waals surface area contributed by atoms with Crippen LogP contribution in [-0.4, -0.2) is 18.0 Å². The lowest BCUT2D eigenvalue weighted by Crippen LogP contribution is -2.29. The van der Waals surface area contributed by atoms with E-state index in [9.17, 15) is 9.59 Å². The minimum Gasteiger partial charge on any atom is -0.453 e. The lowest BCUT2D eigenvalue weighted by Gasteiger charge is -2.12. The molecule has 0 unspecified atom stereocenters. The van der Waals surface area contributed by atoms with Crippen molar-refractivity contribution < 1.29 is 14.3 Å². The Morgan fingerprint density at radius 3 is 2.72 bits per heavy atom. The molecule has 2 rings (SSSR count). The number of ether oxygens (including phenoxy) is 1. The van der Waals surface area contributed by atoms with Crippen molar-refractivity contribution in [2.24, 2.45) is 0 Å². The van der Waals surface area contributed by atoms with Gasteiger partial charge < -0.3 is 10.1 Å². The van der Waals surface area contributed by atoms with E-state index in [-0.39, 0.29) is 5.91 Å². The van der Waals surface area contributed by atoms with Gasteiger partial charge in [0.2, 0.25) is 0 Å². The number of benzene rings is 1. The van der Waals surface area contributed by atoms with Gasteiger partial charge in [0.1, 0.15) is 0 Å². The summed E-state index contributed by atoms with van der Waals surface area (Å²) in [6.45, 7) is 2.85. The largest absolute Gasteiger partial charge is 0.453 e. The molecule has 0 bridgehead atoms. The summed E-state index contributed by atoms with van der Waals surface area (Å²) in [4.78, 5) is 22.5. The Balaban J connectivity index is 2.01. The smallest absolute Gasteiger partial charge is 0.303 e. The number of hydrogen-bond donors (Lipinski definition) is 1. The second-order valence-electron chi connectivity index (χ2n) is 4.58. The summed E-state index contributed by atoms with van der Waals surface area (Å²) >= 11 is 0. The van der Waals surface area contributed by atoms with Crippen molar-refractivity contribution in [1.82, 2.24) is 0 Å². The first-order valence-corrected chi connectivity index (χ1v) is 6.16. The number of carbonyl (C=O) groups excluding carboxylic acids is 2. The van der Waals surface area contributed by atoms with Gasteiger partial charge in [-0.2, -0.15) is 0 Å². The van der Waals surface area contributed by atoms with Crippen molar-refractivity contribution in [3.05, 3.63) is 29.3 Å². The fourth-order valence-corrected chi connectivity index (χ4v) is 2.20. The van der Waals surface area contributed by atoms with E-state index in [4.69, 9.17) is 4.74 Å². The molecule has 0 aromatic heterocycles. The monoisotopic (exact) mass is 247 g/mol. The average Bonchev–Trinajstić information content (AvgIpc) is 2.75. The third kappa shape index (κ3) is 2.88. The molecule has 0 radical (unpaired) electrons. The minimum absolute atomic E-state index is 0.303. The Hall–Kier alpha value is -1.84. The van der Waals surface area contributed by atoms with Gasteiger partial charge >= 0.3 is 5.97 Å². The minimum atomic E-state index is -0.768. The molecule has 0 fully saturated rings. The molecule has 1 atom stereocenters. The molecule has 1 aliphatic carbocycles. The average molecular weight is 247 g/mol. The van der Waals surface area contributed by atoms with Crippen LogP contribution in [0.15, 0.2) is 18.2 Å². The Bertz CT molecular complexity index is 482. The number of aryl methyl sites for hydroxylation is 2. The predicted molar refractivity (Wildman–Crippen MR) is 68.3 cm³/mol. The fraction of sp³-hybridized carbons (Fsp3) is 0.429. The SMILES string of the molecule is CC(=O)O[C@@H](C)C(=O)Nc1ccc2c(c1)CCC2. The van der Waals surface area contributed by atoms with Crippen LogP contribution in [0.2, 0.25) is 0 Å². The molecule has 0 spiro atoms. The van der Waals surface area contributed by atoms with Crippen molar-refractivity contribution in [2.45, 2.75) is 39.2 Å². The van der Waals surface area contributed by atoms with Gasteiger partial charge in [0.15, 0.2) is 6.10 Å². The maximum absolute atomic E-state index is 11.8. The number of anilines is 1. The molecular weight excluding hydrogens is 230 g/mol. The second kappa shape index (κ2) is 5.21. The molecule has 1 amide bonds. The maximum atomic E-state index is 11.8. The zero-order chi connectivity index (χ0) is 13.1. The van der Waals surface area contributed by atoms with Crippen LogP contribution in [-0.2, 0) is 27.2 Å². The molecule has 0 heterocycles. The highest BCUT2D eigenvalue weighted by molar-refractivity contribution is 5.95. The third-order valence-corrected chi connectivity index (χ3v) is 3.08. The van der Waals surface area contributed by atoms with Crippen LogP contribution in [0.5, 0.6) is 0 Å². The van der Waals surface area contributed by atoms with Crippen LogP contribution in [0.25, 0.3) is 0 Å². The number of carbonyl (C=O) groups is 2. The van der Waals surface area contributed by atoms with Crippen molar-refractivity contribution >= 4 is 17.6 Å². The van der Waals surface area contributed by atoms with Crippen molar-refractivity contribution in [2.75, 3.05) is 5.32 Å². The van der Waals surface area contributed by atoms with Gasteiger partial charge in [-0.05, 0) is 49.4 Å². The normalized spacial score (nSPS) is 14.8. The Labute approximate surface area is 106 Å². The molecule has 1 N–H and O–H groups in total. The molecule has 4 heteroatoms. The summed E-state index contributed by atoms with van der Waals surface area (Å²) in [5.41, 5.74) is 3.42. The third-order valence-electron chi connectivity index (χ3n) is 3.08. The van der Waals surface area contributed by atoms with Crippen LogP contribution in [0, 0.1) is 0 Å². The van der Waals surface area contributed by atoms with Crippen LogP contribution in [0.3, 0.4) is 0 Å². The zero-order valence-corrected chi connectivity index (χ0v) is 10.7. The van der Waals surface area contributed by atoms with E-state index in [2.05, 4.69) is 11.4 Å². The number of fused-ring (bicyclic) bond motifs is 1. The summed E-state index contributed by atoms with van der Waals surface area (Å²) < 4.78 is 4.83. The van der Waals surface area contributed by atoms with Gasteiger partial charge in [-0.15, -0.1) is 0 Å². The zero-order valence-electron chi connectivity index (χ0n) is 10.7. The first-order chi connectivity index (χ1) is 8.56. The molecule has 1 aromatic rings. The highest BCUT2D eigenvalue weighted by Gasteiger charge is 2.17. The molecule has 1 aromatic carbocycles. The van der Waals surface area contributed by atoms with Gasteiger partial charge in [0, 0.05) is 12.6 Å². The van der Waals surface area contributed by atoms with Crippen LogP contribution in [0.4, 0.5) is 5.69 Å². The Morgan fingerprint density at radius 2 is 2.00 bits per heavy atom. The molecule has 1 aliphatic rings. The van der Waals surface area contributed by atoms with Crippen LogP contribution in [0.1, 0.15) is 31.4 Å². The van der Waals surface area contributed by atoms with Gasteiger partial charge in [-0.1, -0.05) is 6.07 Å². The van der Waals surface area contributed by atoms with E-state index in [1.54, 1.807) is 6.92 Å². The van der Waals surface area contributed by atoms with Gasteiger partial charge in [0.25, 0.3) is 5.91 Å². The molecular formula is C14H17NO3. The summed E-state index contributed by atoms with van der Waals surface area (Å²) in [5.74, 6) is -0.755. The highest BCUT2D eigenvalue weighted by Crippen LogP contribution is 2.24. The van der Waals surface area contributed by atoms with Gasteiger partial charge in [0.05, 0.1) is 0 Å². The lowest BCUT2D eigenvalue weighted by molar-refractivity contribution is -0.150. The number of nitrogens with one attached hydrogen (secondary N) is 1. The van der Waals surface area contributed by atoms with Gasteiger partial charge in [-0.3, -0.25) is 9.59 Å². The molecule has 18 heavy (non-hydrogen) atoms. The number of esters is 1. The van der Waals surface area contributed by atoms with Crippen molar-refractivity contribution in [1.29, 1.82) is 0 Å². The standard InChI is InChI=1S/C14H17NO3/c1-9(18-10(2)16)14(17)15-13-7-6-11-4-3-5-12(11)8-13/h6-9H,3-5H2,1-2H3,(H,15,17)/t9-/m0/s1. The summed E-state index contributed by atoms with van der Waals surface area (Å²) in [7, 11) is 0. The van der Waals surface area contributed by atoms with E-state index < -0.39 is 12.1 Å². The fourth-order valence-electron chi connectivity index (χ4n) is 2.20. The summed E-state index contributed by atoms with van der Waals surface area (Å²) in [6, 6.07) is 5.94. The first kappa shape index (κ1) is 12.6. The van der Waals surface area contributed by atoms with Gasteiger partial charge in [-0.25, -0.2) is 0 Å². The quantitative estimate of drug-likeness (QED) is 0.832. The Morgan fingerprint density at radius 1 is 1.28 bits per heavy atom. The molecule has 0 saturated carbocycles. The number of hydrogen-bond acceptors (Lipinski definition) is 3. The predicted octanol–water partition coefficient (Wildman–Crippen LogP) is 2.07. The molecule has 0 aliphatic heterocycles. The first-order valence-electron chi connectivity index (χ1n) is 6.16. The van der Waals surface area contributed by atoms with Crippen molar-refractivity contribution in [3.63, 3.8) is 0 Å². The molecule has 96 valence electrons. The van der Waals surface area contributed by atoms with Crippen LogP contribution >= 0.6 is 0 Å². The maximum Gasteiger partial charge on any atom is 0.303 e. The summed E-state index contributed by atoms with van der Waals surface area (Å²) in [6.07, 6.45) is 2.60. The van der Waals surface area contributed by atoms with E-state index in [0.29, 0.717) is 0 Å². The van der Waals surface area contributed by atoms with E-state index in [1.807, 2.05) is 12.1 Å². The number of amides is 1.